The number of aryl methyl sites for hydroxylation is 1. The summed E-state index contributed by atoms with van der Waals surface area (Å²) in [6.45, 7) is 8.92. The van der Waals surface area contributed by atoms with Crippen molar-refractivity contribution >= 4 is 41.3 Å². The van der Waals surface area contributed by atoms with Gasteiger partial charge in [0, 0.05) is 23.3 Å². The molecule has 0 amide bonds. The molecule has 0 aliphatic carbocycles. The molecule has 0 radical (unpaired) electrons. The fourth-order valence-corrected chi connectivity index (χ4v) is 3.38. The Morgan fingerprint density at radius 2 is 1.78 bits per heavy atom. The highest BCUT2D eigenvalue weighted by Crippen LogP contribution is 2.28. The SMILES string of the molecule is CCOc1ccc(CCNC(=NC)NCc2ccc(C)s2)cc1OCC.I. The van der Waals surface area contributed by atoms with Crippen LogP contribution in [0, 0.1) is 6.92 Å². The van der Waals surface area contributed by atoms with E-state index in [-0.39, 0.29) is 24.0 Å². The molecule has 0 atom stereocenters. The van der Waals surface area contributed by atoms with Crippen molar-refractivity contribution in [3.63, 3.8) is 0 Å². The standard InChI is InChI=1S/C20H29N3O2S.HI/c1-5-24-18-10-8-16(13-19(18)25-6-2)11-12-22-20(21-4)23-14-17-9-7-15(3)26-17;/h7-10,13H,5-6,11-12,14H2,1-4H3,(H2,21,22,23);1H. The average Bonchev–Trinajstić information content (AvgIpc) is 3.05. The van der Waals surface area contributed by atoms with Crippen molar-refractivity contribution < 1.29 is 9.47 Å². The summed E-state index contributed by atoms with van der Waals surface area (Å²) in [5.41, 5.74) is 1.20. The van der Waals surface area contributed by atoms with Crippen molar-refractivity contribution in [3.05, 3.63) is 45.6 Å². The summed E-state index contributed by atoms with van der Waals surface area (Å²) in [6.07, 6.45) is 0.880. The molecule has 0 saturated carbocycles. The first-order valence-electron chi connectivity index (χ1n) is 9.04. The van der Waals surface area contributed by atoms with Crippen LogP contribution in [0.3, 0.4) is 0 Å². The van der Waals surface area contributed by atoms with Crippen molar-refractivity contribution in [3.8, 4) is 11.5 Å². The second-order valence-electron chi connectivity index (χ2n) is 5.76. The normalized spacial score (nSPS) is 10.9. The maximum absolute atomic E-state index is 5.69. The molecule has 1 aromatic heterocycles. The second kappa shape index (κ2) is 12.8. The molecule has 0 fully saturated rings. The van der Waals surface area contributed by atoms with Crippen LogP contribution in [0.2, 0.25) is 0 Å². The summed E-state index contributed by atoms with van der Waals surface area (Å²) >= 11 is 1.80. The zero-order valence-electron chi connectivity index (χ0n) is 16.5. The van der Waals surface area contributed by atoms with Gasteiger partial charge in [0.05, 0.1) is 19.8 Å². The lowest BCUT2D eigenvalue weighted by Gasteiger charge is -2.14. The number of halogens is 1. The third kappa shape index (κ3) is 7.96. The number of aliphatic imine (C=N–C) groups is 1. The molecule has 0 aliphatic rings. The van der Waals surface area contributed by atoms with Gasteiger partial charge >= 0.3 is 0 Å². The Kier molecular flexibility index (Phi) is 11.2. The van der Waals surface area contributed by atoms with Crippen LogP contribution in [0.1, 0.15) is 29.2 Å². The van der Waals surface area contributed by atoms with Crippen LogP contribution in [-0.2, 0) is 13.0 Å². The van der Waals surface area contributed by atoms with Crippen molar-refractivity contribution in [1.29, 1.82) is 0 Å². The van der Waals surface area contributed by atoms with Crippen LogP contribution < -0.4 is 20.1 Å². The Morgan fingerprint density at radius 3 is 2.41 bits per heavy atom. The van der Waals surface area contributed by atoms with Gasteiger partial charge in [0.1, 0.15) is 0 Å². The quantitative estimate of drug-likeness (QED) is 0.303. The topological polar surface area (TPSA) is 54.9 Å². The minimum Gasteiger partial charge on any atom is -0.490 e. The van der Waals surface area contributed by atoms with Gasteiger partial charge in [0.2, 0.25) is 0 Å². The van der Waals surface area contributed by atoms with Gasteiger partial charge in [-0.25, -0.2) is 0 Å². The van der Waals surface area contributed by atoms with E-state index < -0.39 is 0 Å². The molecule has 5 nitrogen and oxygen atoms in total. The number of benzene rings is 1. The van der Waals surface area contributed by atoms with E-state index in [0.29, 0.717) is 13.2 Å². The fraction of sp³-hybridized carbons (Fsp3) is 0.450. The summed E-state index contributed by atoms with van der Waals surface area (Å²) < 4.78 is 11.3. The molecule has 7 heteroatoms. The van der Waals surface area contributed by atoms with E-state index in [4.69, 9.17) is 9.47 Å². The third-order valence-electron chi connectivity index (χ3n) is 3.76. The highest BCUT2D eigenvalue weighted by atomic mass is 127. The number of hydrogen-bond donors (Lipinski definition) is 2. The van der Waals surface area contributed by atoms with Gasteiger partial charge in [0.15, 0.2) is 17.5 Å². The van der Waals surface area contributed by atoms with Gasteiger partial charge in [-0.15, -0.1) is 35.3 Å². The molecule has 2 N–H and O–H groups in total. The molecule has 0 unspecified atom stereocenters. The first-order chi connectivity index (χ1) is 12.7. The van der Waals surface area contributed by atoms with Crippen LogP contribution in [0.5, 0.6) is 11.5 Å². The van der Waals surface area contributed by atoms with Gasteiger partial charge in [-0.1, -0.05) is 6.07 Å². The Bertz CT molecular complexity index is 719. The Balaban J connectivity index is 0.00000364. The van der Waals surface area contributed by atoms with Gasteiger partial charge in [-0.3, -0.25) is 4.99 Å². The molecule has 1 heterocycles. The van der Waals surface area contributed by atoms with E-state index in [2.05, 4.69) is 46.8 Å². The minimum absolute atomic E-state index is 0. The maximum Gasteiger partial charge on any atom is 0.191 e. The number of nitrogens with zero attached hydrogens (tertiary/aromatic N) is 1. The van der Waals surface area contributed by atoms with Crippen molar-refractivity contribution in [2.45, 2.75) is 33.7 Å². The predicted octanol–water partition coefficient (Wildman–Crippen LogP) is 4.38. The summed E-state index contributed by atoms with van der Waals surface area (Å²) in [5, 5.41) is 6.71. The van der Waals surface area contributed by atoms with Crippen molar-refractivity contribution in [1.82, 2.24) is 10.6 Å². The zero-order chi connectivity index (χ0) is 18.8. The Labute approximate surface area is 183 Å². The van der Waals surface area contributed by atoms with E-state index in [1.165, 1.54) is 15.3 Å². The van der Waals surface area contributed by atoms with Gasteiger partial charge in [0.25, 0.3) is 0 Å². The van der Waals surface area contributed by atoms with E-state index >= 15 is 0 Å². The number of ether oxygens (including phenoxy) is 2. The minimum atomic E-state index is 0. The monoisotopic (exact) mass is 503 g/mol. The highest BCUT2D eigenvalue weighted by Gasteiger charge is 2.06. The zero-order valence-corrected chi connectivity index (χ0v) is 19.6. The van der Waals surface area contributed by atoms with Crippen LogP contribution in [0.15, 0.2) is 35.3 Å². The smallest absolute Gasteiger partial charge is 0.191 e. The molecule has 0 saturated heterocycles. The lowest BCUT2D eigenvalue weighted by molar-refractivity contribution is 0.287. The summed E-state index contributed by atoms with van der Waals surface area (Å²) in [4.78, 5) is 6.91. The summed E-state index contributed by atoms with van der Waals surface area (Å²) in [7, 11) is 1.79. The number of rotatable bonds is 9. The lowest BCUT2D eigenvalue weighted by atomic mass is 10.1. The van der Waals surface area contributed by atoms with Crippen LogP contribution in [0.25, 0.3) is 0 Å². The molecule has 2 aromatic rings. The maximum atomic E-state index is 5.69. The van der Waals surface area contributed by atoms with Crippen LogP contribution in [-0.4, -0.2) is 32.8 Å². The third-order valence-corrected chi connectivity index (χ3v) is 4.76. The summed E-state index contributed by atoms with van der Waals surface area (Å²) in [6, 6.07) is 10.4. The second-order valence-corrected chi connectivity index (χ2v) is 7.13. The van der Waals surface area contributed by atoms with E-state index in [1.54, 1.807) is 18.4 Å². The lowest BCUT2D eigenvalue weighted by Crippen LogP contribution is -2.37. The first kappa shape index (κ1) is 23.6. The van der Waals surface area contributed by atoms with E-state index in [0.717, 1.165) is 37.0 Å². The molecule has 2 rings (SSSR count). The van der Waals surface area contributed by atoms with Crippen molar-refractivity contribution in [2.24, 2.45) is 4.99 Å². The Morgan fingerprint density at radius 1 is 1.04 bits per heavy atom. The molecular weight excluding hydrogens is 473 g/mol. The van der Waals surface area contributed by atoms with Crippen LogP contribution in [0.4, 0.5) is 0 Å². The number of thiophene rings is 1. The average molecular weight is 503 g/mol. The number of guanidine groups is 1. The van der Waals surface area contributed by atoms with Crippen molar-refractivity contribution in [2.75, 3.05) is 26.8 Å². The van der Waals surface area contributed by atoms with Gasteiger partial charge in [-0.2, -0.15) is 0 Å². The molecule has 1 aromatic carbocycles. The van der Waals surface area contributed by atoms with Gasteiger partial charge in [-0.05, 0) is 57.0 Å². The summed E-state index contributed by atoms with van der Waals surface area (Å²) in [5.74, 6) is 2.42. The molecular formula is C20H30IN3O2S. The molecule has 0 spiro atoms. The highest BCUT2D eigenvalue weighted by molar-refractivity contribution is 14.0. The fourth-order valence-electron chi connectivity index (χ4n) is 2.55. The predicted molar refractivity (Wildman–Crippen MR) is 125 cm³/mol. The molecule has 27 heavy (non-hydrogen) atoms. The molecule has 0 aliphatic heterocycles. The molecule has 0 bridgehead atoms. The first-order valence-corrected chi connectivity index (χ1v) is 9.86. The molecule has 150 valence electrons. The number of hydrogen-bond acceptors (Lipinski definition) is 4. The van der Waals surface area contributed by atoms with Crippen LogP contribution >= 0.6 is 35.3 Å². The van der Waals surface area contributed by atoms with E-state index in [9.17, 15) is 0 Å². The number of nitrogens with one attached hydrogen (secondary N) is 2. The largest absolute Gasteiger partial charge is 0.490 e. The van der Waals surface area contributed by atoms with Gasteiger partial charge < -0.3 is 20.1 Å². The van der Waals surface area contributed by atoms with E-state index in [1.807, 2.05) is 19.9 Å². The Hall–Kier alpha value is -1.48.